The summed E-state index contributed by atoms with van der Waals surface area (Å²) in [6.07, 6.45) is 1.76. The molecule has 2 aromatic rings. The van der Waals surface area contributed by atoms with E-state index in [4.69, 9.17) is 9.47 Å². The maximum Gasteiger partial charge on any atom is 0.278 e. The van der Waals surface area contributed by atoms with Crippen LogP contribution in [-0.4, -0.2) is 66.6 Å². The van der Waals surface area contributed by atoms with Crippen molar-refractivity contribution in [1.29, 1.82) is 0 Å². The summed E-state index contributed by atoms with van der Waals surface area (Å²) in [7, 11) is 1.62. The van der Waals surface area contributed by atoms with Crippen molar-refractivity contribution in [2.24, 2.45) is 0 Å². The highest BCUT2D eigenvalue weighted by Crippen LogP contribution is 2.22. The van der Waals surface area contributed by atoms with Gasteiger partial charge >= 0.3 is 0 Å². The van der Waals surface area contributed by atoms with Crippen LogP contribution in [0, 0.1) is 0 Å². The Labute approximate surface area is 147 Å². The third-order valence-electron chi connectivity index (χ3n) is 4.21. The van der Waals surface area contributed by atoms with Gasteiger partial charge < -0.3 is 19.7 Å². The first-order valence-electron chi connectivity index (χ1n) is 8.49. The molecule has 1 saturated heterocycles. The smallest absolute Gasteiger partial charge is 0.278 e. The molecule has 0 radical (unpaired) electrons. The summed E-state index contributed by atoms with van der Waals surface area (Å²) in [6, 6.07) is 9.80. The first-order valence-corrected chi connectivity index (χ1v) is 8.49. The number of benzene rings is 1. The van der Waals surface area contributed by atoms with Crippen LogP contribution in [0.3, 0.4) is 0 Å². The topological polar surface area (TPSA) is 68.6 Å². The summed E-state index contributed by atoms with van der Waals surface area (Å²) in [5.41, 5.74) is 1.22. The molecule has 1 aliphatic rings. The van der Waals surface area contributed by atoms with Gasteiger partial charge in [0, 0.05) is 32.8 Å². The van der Waals surface area contributed by atoms with Gasteiger partial charge in [0.25, 0.3) is 5.91 Å². The molecule has 0 aliphatic carbocycles. The molecule has 1 N–H and O–H groups in total. The van der Waals surface area contributed by atoms with Crippen molar-refractivity contribution in [2.75, 3.05) is 40.0 Å². The van der Waals surface area contributed by atoms with Crippen LogP contribution in [-0.2, 0) is 4.74 Å². The number of nitrogens with zero attached hydrogens (tertiary/aromatic N) is 3. The monoisotopic (exact) mass is 344 g/mol. The maximum absolute atomic E-state index is 13.0. The summed E-state index contributed by atoms with van der Waals surface area (Å²) in [5.74, 6) is 0.382. The molecule has 0 spiro atoms. The van der Waals surface area contributed by atoms with Crippen molar-refractivity contribution in [1.82, 2.24) is 20.0 Å². The van der Waals surface area contributed by atoms with E-state index in [1.165, 1.54) is 0 Å². The minimum atomic E-state index is -0.101. The lowest BCUT2D eigenvalue weighted by atomic mass is 10.2. The Kier molecular flexibility index (Phi) is 5.67. The van der Waals surface area contributed by atoms with Gasteiger partial charge in [-0.2, -0.15) is 5.10 Å². The summed E-state index contributed by atoms with van der Waals surface area (Å²) < 4.78 is 12.5. The molecule has 1 aromatic heterocycles. The highest BCUT2D eigenvalue weighted by molar-refractivity contribution is 5.95. The minimum absolute atomic E-state index is 0.101. The second kappa shape index (κ2) is 8.13. The fourth-order valence-corrected chi connectivity index (χ4v) is 2.84. The fourth-order valence-electron chi connectivity index (χ4n) is 2.84. The molecular weight excluding hydrogens is 320 g/mol. The molecular formula is C18H24N4O3. The molecule has 7 heteroatoms. The fraction of sp³-hybridized carbons (Fsp3) is 0.444. The summed E-state index contributed by atoms with van der Waals surface area (Å²) >= 11 is 0. The van der Waals surface area contributed by atoms with Crippen molar-refractivity contribution in [3.05, 3.63) is 42.2 Å². The number of para-hydroxylation sites is 1. The van der Waals surface area contributed by atoms with Gasteiger partial charge in [0.05, 0.1) is 18.5 Å². The molecule has 0 unspecified atom stereocenters. The van der Waals surface area contributed by atoms with Crippen molar-refractivity contribution in [3.63, 3.8) is 0 Å². The zero-order valence-corrected chi connectivity index (χ0v) is 14.6. The van der Waals surface area contributed by atoms with Gasteiger partial charge in [0.2, 0.25) is 0 Å². The van der Waals surface area contributed by atoms with E-state index in [-0.39, 0.29) is 11.9 Å². The number of nitrogens with one attached hydrogen (secondary N) is 1. The Hall–Kier alpha value is -2.38. The van der Waals surface area contributed by atoms with Crippen LogP contribution in [0.4, 0.5) is 0 Å². The van der Waals surface area contributed by atoms with E-state index >= 15 is 0 Å². The Morgan fingerprint density at radius 3 is 2.84 bits per heavy atom. The van der Waals surface area contributed by atoms with Crippen LogP contribution in [0.15, 0.2) is 36.5 Å². The Morgan fingerprint density at radius 2 is 2.12 bits per heavy atom. The van der Waals surface area contributed by atoms with Crippen LogP contribution < -0.4 is 10.1 Å². The van der Waals surface area contributed by atoms with Crippen LogP contribution in [0.2, 0.25) is 0 Å². The number of rotatable bonds is 6. The Morgan fingerprint density at radius 1 is 1.32 bits per heavy atom. The number of hydrogen-bond donors (Lipinski definition) is 1. The molecule has 1 atom stereocenters. The quantitative estimate of drug-likeness (QED) is 0.801. The SMILES string of the molecule is COCCOc1cn(-c2ccccc2)nc1C(=O)N1CCNC[C@@H]1C. The highest BCUT2D eigenvalue weighted by Gasteiger charge is 2.29. The summed E-state index contributed by atoms with van der Waals surface area (Å²) in [4.78, 5) is 14.9. The van der Waals surface area contributed by atoms with Crippen molar-refractivity contribution < 1.29 is 14.3 Å². The number of carbonyl (C=O) groups excluding carboxylic acids is 1. The molecule has 0 bridgehead atoms. The molecule has 0 saturated carbocycles. The predicted octanol–water partition coefficient (Wildman–Crippen LogP) is 1.33. The molecule has 134 valence electrons. The van der Waals surface area contributed by atoms with Gasteiger partial charge in [-0.3, -0.25) is 4.79 Å². The maximum atomic E-state index is 13.0. The molecule has 2 heterocycles. The number of carbonyl (C=O) groups is 1. The standard InChI is InChI=1S/C18H24N4O3/c1-14-12-19-8-9-21(14)18(23)17-16(25-11-10-24-2)13-22(20-17)15-6-4-3-5-7-15/h3-7,13-14,19H,8-12H2,1-2H3/t14-/m0/s1. The lowest BCUT2D eigenvalue weighted by molar-refractivity contribution is 0.0642. The molecule has 3 rings (SSSR count). The summed E-state index contributed by atoms with van der Waals surface area (Å²) in [6.45, 7) is 5.09. The third kappa shape index (κ3) is 4.00. The third-order valence-corrected chi connectivity index (χ3v) is 4.21. The zero-order valence-electron chi connectivity index (χ0n) is 14.6. The van der Waals surface area contributed by atoms with Crippen LogP contribution in [0.5, 0.6) is 5.75 Å². The average Bonchev–Trinajstić information content (AvgIpc) is 3.07. The van der Waals surface area contributed by atoms with E-state index in [1.54, 1.807) is 18.0 Å². The molecule has 7 nitrogen and oxygen atoms in total. The molecule has 1 aliphatic heterocycles. The first-order chi connectivity index (χ1) is 12.2. The van der Waals surface area contributed by atoms with Crippen LogP contribution >= 0.6 is 0 Å². The predicted molar refractivity (Wildman–Crippen MR) is 94.3 cm³/mol. The van der Waals surface area contributed by atoms with Gasteiger partial charge in [-0.15, -0.1) is 0 Å². The normalized spacial score (nSPS) is 17.5. The Bertz CT molecular complexity index is 702. The van der Waals surface area contributed by atoms with E-state index < -0.39 is 0 Å². The molecule has 1 amide bonds. The Balaban J connectivity index is 1.89. The average molecular weight is 344 g/mol. The largest absolute Gasteiger partial charge is 0.487 e. The number of methoxy groups -OCH3 is 1. The second-order valence-electron chi connectivity index (χ2n) is 6.02. The number of piperazine rings is 1. The van der Waals surface area contributed by atoms with E-state index in [1.807, 2.05) is 42.2 Å². The van der Waals surface area contributed by atoms with Crippen molar-refractivity contribution in [2.45, 2.75) is 13.0 Å². The van der Waals surface area contributed by atoms with Crippen LogP contribution in [0.25, 0.3) is 5.69 Å². The lowest BCUT2D eigenvalue weighted by Gasteiger charge is -2.33. The molecule has 1 fully saturated rings. The minimum Gasteiger partial charge on any atom is -0.487 e. The van der Waals surface area contributed by atoms with Crippen molar-refractivity contribution in [3.8, 4) is 11.4 Å². The molecule has 25 heavy (non-hydrogen) atoms. The van der Waals surface area contributed by atoms with E-state index in [0.29, 0.717) is 31.2 Å². The van der Waals surface area contributed by atoms with Gasteiger partial charge in [0.1, 0.15) is 6.61 Å². The first kappa shape index (κ1) is 17.4. The second-order valence-corrected chi connectivity index (χ2v) is 6.02. The zero-order chi connectivity index (χ0) is 17.6. The molecule has 1 aromatic carbocycles. The van der Waals surface area contributed by atoms with E-state index in [0.717, 1.165) is 18.8 Å². The lowest BCUT2D eigenvalue weighted by Crippen LogP contribution is -2.52. The van der Waals surface area contributed by atoms with Gasteiger partial charge in [-0.25, -0.2) is 4.68 Å². The number of aromatic nitrogens is 2. The van der Waals surface area contributed by atoms with Crippen LogP contribution in [0.1, 0.15) is 17.4 Å². The van der Waals surface area contributed by atoms with Gasteiger partial charge in [-0.1, -0.05) is 18.2 Å². The van der Waals surface area contributed by atoms with Crippen molar-refractivity contribution >= 4 is 5.91 Å². The summed E-state index contributed by atoms with van der Waals surface area (Å²) in [5, 5.41) is 7.80. The van der Waals surface area contributed by atoms with Gasteiger partial charge in [-0.05, 0) is 19.1 Å². The highest BCUT2D eigenvalue weighted by atomic mass is 16.5. The van der Waals surface area contributed by atoms with Gasteiger partial charge in [0.15, 0.2) is 11.4 Å². The number of amides is 1. The van der Waals surface area contributed by atoms with E-state index in [2.05, 4.69) is 10.4 Å². The number of ether oxygens (including phenoxy) is 2. The van der Waals surface area contributed by atoms with E-state index in [9.17, 15) is 4.79 Å². The number of hydrogen-bond acceptors (Lipinski definition) is 5.